The van der Waals surface area contributed by atoms with Gasteiger partial charge in [-0.05, 0) is 41.5 Å². The molecule has 1 atom stereocenters. The molecular weight excluding hydrogens is 426 g/mol. The predicted molar refractivity (Wildman–Crippen MR) is 136 cm³/mol. The molecule has 2 aromatic carbocycles. The molecule has 1 saturated heterocycles. The third kappa shape index (κ3) is 5.69. The summed E-state index contributed by atoms with van der Waals surface area (Å²) in [6, 6.07) is 14.5. The number of nitrogens with zero attached hydrogens (tertiary/aromatic N) is 1. The smallest absolute Gasteiger partial charge is 0.295 e. The van der Waals surface area contributed by atoms with Gasteiger partial charge < -0.3 is 14.7 Å². The van der Waals surface area contributed by atoms with Gasteiger partial charge in [-0.3, -0.25) is 9.59 Å². The average molecular weight is 464 g/mol. The second kappa shape index (κ2) is 11.4. The first kappa shape index (κ1) is 25.5. The Labute approximate surface area is 203 Å². The van der Waals surface area contributed by atoms with E-state index in [0.717, 1.165) is 24.8 Å². The van der Waals surface area contributed by atoms with Crippen LogP contribution in [0.2, 0.25) is 0 Å². The van der Waals surface area contributed by atoms with Crippen LogP contribution in [-0.2, 0) is 9.59 Å². The van der Waals surface area contributed by atoms with Crippen LogP contribution in [0.4, 0.5) is 0 Å². The summed E-state index contributed by atoms with van der Waals surface area (Å²) < 4.78 is 5.81. The van der Waals surface area contributed by atoms with Crippen LogP contribution in [0.1, 0.15) is 82.5 Å². The molecule has 1 fully saturated rings. The van der Waals surface area contributed by atoms with Gasteiger partial charge in [0.15, 0.2) is 0 Å². The molecule has 0 saturated carbocycles. The molecule has 0 aromatic heterocycles. The van der Waals surface area contributed by atoms with Gasteiger partial charge in [0.1, 0.15) is 11.5 Å². The standard InChI is InChI=1S/C29H37NO4/c1-6-7-8-16-30-26(22-14-12-21(13-15-22)20(4)5)25(28(32)29(30)33)27(31)23-10-9-11-24(17-23)34-18-19(2)3/h9-15,17,19-20,26,31H,6-8,16,18H2,1-5H3/b27-25-. The molecule has 0 radical (unpaired) electrons. The highest BCUT2D eigenvalue weighted by molar-refractivity contribution is 6.46. The SMILES string of the molecule is CCCCCN1C(=O)C(=O)/C(=C(\O)c2cccc(OCC(C)C)c2)C1c1ccc(C(C)C)cc1. The van der Waals surface area contributed by atoms with Gasteiger partial charge in [-0.2, -0.15) is 0 Å². The lowest BCUT2D eigenvalue weighted by Crippen LogP contribution is -2.30. The Bertz CT molecular complexity index is 1040. The molecule has 0 bridgehead atoms. The maximum Gasteiger partial charge on any atom is 0.295 e. The molecule has 1 aliphatic heterocycles. The quantitative estimate of drug-likeness (QED) is 0.190. The number of Topliss-reactive ketones (excluding diaryl/α,β-unsaturated/α-hetero) is 1. The van der Waals surface area contributed by atoms with Crippen LogP contribution < -0.4 is 4.74 Å². The van der Waals surface area contributed by atoms with Gasteiger partial charge in [-0.25, -0.2) is 0 Å². The Hall–Kier alpha value is -3.08. The van der Waals surface area contributed by atoms with E-state index in [9.17, 15) is 14.7 Å². The molecule has 0 aliphatic carbocycles. The van der Waals surface area contributed by atoms with E-state index >= 15 is 0 Å². The minimum atomic E-state index is -0.638. The Morgan fingerprint density at radius 3 is 2.35 bits per heavy atom. The van der Waals surface area contributed by atoms with Crippen LogP contribution in [0.15, 0.2) is 54.1 Å². The Balaban J connectivity index is 2.06. The van der Waals surface area contributed by atoms with E-state index in [2.05, 4.69) is 34.6 Å². The number of rotatable bonds is 10. The van der Waals surface area contributed by atoms with E-state index in [1.54, 1.807) is 23.1 Å². The van der Waals surface area contributed by atoms with E-state index in [1.807, 2.05) is 30.3 Å². The van der Waals surface area contributed by atoms with E-state index in [-0.39, 0.29) is 11.3 Å². The van der Waals surface area contributed by atoms with Gasteiger partial charge in [0.2, 0.25) is 0 Å². The first-order chi connectivity index (χ1) is 16.2. The van der Waals surface area contributed by atoms with Crippen molar-refractivity contribution in [1.29, 1.82) is 0 Å². The monoisotopic (exact) mass is 463 g/mol. The zero-order chi connectivity index (χ0) is 24.8. The van der Waals surface area contributed by atoms with Gasteiger partial charge in [0, 0.05) is 12.1 Å². The third-order valence-electron chi connectivity index (χ3n) is 6.15. The molecule has 1 unspecified atom stereocenters. The summed E-state index contributed by atoms with van der Waals surface area (Å²) >= 11 is 0. The summed E-state index contributed by atoms with van der Waals surface area (Å²) in [5, 5.41) is 11.3. The average Bonchev–Trinajstić information content (AvgIpc) is 3.07. The lowest BCUT2D eigenvalue weighted by atomic mass is 9.93. The van der Waals surface area contributed by atoms with Gasteiger partial charge in [-0.15, -0.1) is 0 Å². The fraction of sp³-hybridized carbons (Fsp3) is 0.448. The number of hydrogen-bond acceptors (Lipinski definition) is 4. The first-order valence-electron chi connectivity index (χ1n) is 12.4. The first-order valence-corrected chi connectivity index (χ1v) is 12.4. The minimum absolute atomic E-state index is 0.139. The van der Waals surface area contributed by atoms with Crippen LogP contribution in [0.3, 0.4) is 0 Å². The van der Waals surface area contributed by atoms with Crippen molar-refractivity contribution in [2.45, 2.75) is 65.8 Å². The van der Waals surface area contributed by atoms with Crippen molar-refractivity contribution in [3.8, 4) is 5.75 Å². The molecule has 182 valence electrons. The van der Waals surface area contributed by atoms with Gasteiger partial charge in [0.05, 0.1) is 18.2 Å². The molecule has 1 heterocycles. The zero-order valence-corrected chi connectivity index (χ0v) is 21.0. The molecule has 34 heavy (non-hydrogen) atoms. The summed E-state index contributed by atoms with van der Waals surface area (Å²) in [6.45, 7) is 11.5. The highest BCUT2D eigenvalue weighted by atomic mass is 16.5. The second-order valence-electron chi connectivity index (χ2n) is 9.75. The van der Waals surface area contributed by atoms with Gasteiger partial charge in [0.25, 0.3) is 11.7 Å². The van der Waals surface area contributed by atoms with Crippen molar-refractivity contribution in [1.82, 2.24) is 4.90 Å². The molecule has 2 aromatic rings. The number of likely N-dealkylation sites (tertiary alicyclic amines) is 1. The topological polar surface area (TPSA) is 66.8 Å². The summed E-state index contributed by atoms with van der Waals surface area (Å²) in [5.74, 6) is -0.00155. The number of amides is 1. The highest BCUT2D eigenvalue weighted by Crippen LogP contribution is 2.40. The van der Waals surface area contributed by atoms with Crippen LogP contribution >= 0.6 is 0 Å². The summed E-state index contributed by atoms with van der Waals surface area (Å²) in [6.07, 6.45) is 2.79. The summed E-state index contributed by atoms with van der Waals surface area (Å²) in [7, 11) is 0. The van der Waals surface area contributed by atoms with Crippen LogP contribution in [0, 0.1) is 5.92 Å². The van der Waals surface area contributed by atoms with Gasteiger partial charge >= 0.3 is 0 Å². The van der Waals surface area contributed by atoms with Crippen molar-refractivity contribution >= 4 is 17.4 Å². The van der Waals surface area contributed by atoms with Gasteiger partial charge in [-0.1, -0.05) is 83.9 Å². The lowest BCUT2D eigenvalue weighted by Gasteiger charge is -2.25. The highest BCUT2D eigenvalue weighted by Gasteiger charge is 2.45. The summed E-state index contributed by atoms with van der Waals surface area (Å²) in [4.78, 5) is 27.9. The van der Waals surface area contributed by atoms with Crippen molar-refractivity contribution in [2.24, 2.45) is 5.92 Å². The largest absolute Gasteiger partial charge is 0.507 e. The molecule has 5 nitrogen and oxygen atoms in total. The second-order valence-corrected chi connectivity index (χ2v) is 9.75. The molecule has 1 aliphatic rings. The maximum atomic E-state index is 13.2. The minimum Gasteiger partial charge on any atom is -0.507 e. The van der Waals surface area contributed by atoms with E-state index < -0.39 is 17.7 Å². The summed E-state index contributed by atoms with van der Waals surface area (Å²) in [5.41, 5.74) is 2.62. The van der Waals surface area contributed by atoms with Crippen molar-refractivity contribution in [3.63, 3.8) is 0 Å². The third-order valence-corrected chi connectivity index (χ3v) is 6.15. The van der Waals surface area contributed by atoms with Crippen molar-refractivity contribution in [2.75, 3.05) is 13.2 Å². The molecule has 1 amide bonds. The number of unbranched alkanes of at least 4 members (excludes halogenated alkanes) is 2. The number of benzene rings is 2. The molecule has 5 heteroatoms. The number of ketones is 1. The van der Waals surface area contributed by atoms with Crippen LogP contribution in [0.25, 0.3) is 5.76 Å². The predicted octanol–water partition coefficient (Wildman–Crippen LogP) is 6.46. The normalized spacial score (nSPS) is 17.7. The van der Waals surface area contributed by atoms with Crippen molar-refractivity contribution < 1.29 is 19.4 Å². The van der Waals surface area contributed by atoms with Crippen LogP contribution in [0.5, 0.6) is 5.75 Å². The molecule has 3 rings (SSSR count). The number of aliphatic hydroxyl groups excluding tert-OH is 1. The van der Waals surface area contributed by atoms with E-state index in [1.165, 1.54) is 5.56 Å². The van der Waals surface area contributed by atoms with E-state index in [0.29, 0.717) is 36.3 Å². The van der Waals surface area contributed by atoms with Crippen molar-refractivity contribution in [3.05, 3.63) is 70.8 Å². The Kier molecular flexibility index (Phi) is 8.54. The number of carbonyl (C=O) groups is 2. The van der Waals surface area contributed by atoms with Crippen LogP contribution in [-0.4, -0.2) is 34.8 Å². The Morgan fingerprint density at radius 2 is 1.74 bits per heavy atom. The molecular formula is C29H37NO4. The number of hydrogen-bond donors (Lipinski definition) is 1. The maximum absolute atomic E-state index is 13.2. The number of carbonyl (C=O) groups excluding carboxylic acids is 2. The Morgan fingerprint density at radius 1 is 1.03 bits per heavy atom. The van der Waals surface area contributed by atoms with E-state index in [4.69, 9.17) is 4.74 Å². The fourth-order valence-electron chi connectivity index (χ4n) is 4.20. The fourth-order valence-corrected chi connectivity index (χ4v) is 4.20. The molecule has 0 spiro atoms. The molecule has 1 N–H and O–H groups in total. The lowest BCUT2D eigenvalue weighted by molar-refractivity contribution is -0.139. The zero-order valence-electron chi connectivity index (χ0n) is 21.0. The number of aliphatic hydroxyl groups is 1. The number of ether oxygens (including phenoxy) is 1.